The van der Waals surface area contributed by atoms with Gasteiger partial charge in [0, 0.05) is 51.0 Å². The number of carbonyl (C=O) groups excluding carboxylic acids is 1. The molecule has 0 saturated carbocycles. The maximum absolute atomic E-state index is 13.0. The minimum atomic E-state index is -3.56. The SMILES string of the molecule is CCN(CC)c1ccc(CN(C)C(=O)c2cccc(S(=O)(=O)N3CCCCC3)c2)cc1. The van der Waals surface area contributed by atoms with E-state index in [1.54, 1.807) is 30.1 Å². The van der Waals surface area contributed by atoms with Crippen LogP contribution in [-0.2, 0) is 16.6 Å². The third-order valence-corrected chi connectivity index (χ3v) is 7.76. The van der Waals surface area contributed by atoms with Crippen molar-refractivity contribution >= 4 is 21.6 Å². The fourth-order valence-electron chi connectivity index (χ4n) is 4.01. The summed E-state index contributed by atoms with van der Waals surface area (Å²) in [5, 5.41) is 0. The smallest absolute Gasteiger partial charge is 0.253 e. The maximum Gasteiger partial charge on any atom is 0.253 e. The van der Waals surface area contributed by atoms with Crippen LogP contribution in [0.4, 0.5) is 5.69 Å². The molecule has 1 saturated heterocycles. The molecule has 31 heavy (non-hydrogen) atoms. The van der Waals surface area contributed by atoms with Crippen molar-refractivity contribution in [2.75, 3.05) is 38.1 Å². The Balaban J connectivity index is 1.72. The zero-order valence-corrected chi connectivity index (χ0v) is 19.6. The number of sulfonamides is 1. The molecule has 0 unspecified atom stereocenters. The molecule has 0 aromatic heterocycles. The molecule has 0 spiro atoms. The largest absolute Gasteiger partial charge is 0.372 e. The first-order valence-electron chi connectivity index (χ1n) is 11.1. The number of piperidine rings is 1. The number of rotatable bonds is 8. The van der Waals surface area contributed by atoms with Crippen LogP contribution in [0.15, 0.2) is 53.4 Å². The van der Waals surface area contributed by atoms with Gasteiger partial charge >= 0.3 is 0 Å². The Morgan fingerprint density at radius 2 is 1.61 bits per heavy atom. The van der Waals surface area contributed by atoms with Crippen molar-refractivity contribution in [2.24, 2.45) is 0 Å². The van der Waals surface area contributed by atoms with Gasteiger partial charge in [-0.3, -0.25) is 4.79 Å². The van der Waals surface area contributed by atoms with Crippen molar-refractivity contribution in [3.05, 3.63) is 59.7 Å². The van der Waals surface area contributed by atoms with E-state index in [-0.39, 0.29) is 10.8 Å². The quantitative estimate of drug-likeness (QED) is 0.619. The number of benzene rings is 2. The van der Waals surface area contributed by atoms with Gasteiger partial charge in [-0.25, -0.2) is 8.42 Å². The number of anilines is 1. The third-order valence-electron chi connectivity index (χ3n) is 5.87. The van der Waals surface area contributed by atoms with Gasteiger partial charge in [0.15, 0.2) is 0 Å². The van der Waals surface area contributed by atoms with Crippen LogP contribution >= 0.6 is 0 Å². The molecule has 0 atom stereocenters. The van der Waals surface area contributed by atoms with Gasteiger partial charge in [-0.2, -0.15) is 4.31 Å². The Bertz CT molecular complexity index is 979. The lowest BCUT2D eigenvalue weighted by Crippen LogP contribution is -2.35. The summed E-state index contributed by atoms with van der Waals surface area (Å²) in [5.41, 5.74) is 2.59. The molecule has 3 rings (SSSR count). The molecule has 0 bridgehead atoms. The Labute approximate surface area is 186 Å². The zero-order chi connectivity index (χ0) is 22.4. The number of nitrogens with zero attached hydrogens (tertiary/aromatic N) is 3. The fraction of sp³-hybridized carbons (Fsp3) is 0.458. The van der Waals surface area contributed by atoms with E-state index in [0.29, 0.717) is 25.2 Å². The van der Waals surface area contributed by atoms with Crippen molar-refractivity contribution in [1.29, 1.82) is 0 Å². The summed E-state index contributed by atoms with van der Waals surface area (Å²) < 4.78 is 27.4. The maximum atomic E-state index is 13.0. The van der Waals surface area contributed by atoms with Crippen molar-refractivity contribution in [1.82, 2.24) is 9.21 Å². The summed E-state index contributed by atoms with van der Waals surface area (Å²) in [6.45, 7) is 7.71. The number of hydrogen-bond donors (Lipinski definition) is 0. The summed E-state index contributed by atoms with van der Waals surface area (Å²) in [4.78, 5) is 17.1. The van der Waals surface area contributed by atoms with Crippen molar-refractivity contribution in [2.45, 2.75) is 44.6 Å². The van der Waals surface area contributed by atoms with Gasteiger partial charge < -0.3 is 9.80 Å². The molecule has 1 aliphatic heterocycles. The van der Waals surface area contributed by atoms with Gasteiger partial charge in [0.05, 0.1) is 4.90 Å². The van der Waals surface area contributed by atoms with Gasteiger partial charge in [0.1, 0.15) is 0 Å². The second-order valence-electron chi connectivity index (χ2n) is 7.99. The predicted molar refractivity (Wildman–Crippen MR) is 125 cm³/mol. The van der Waals surface area contributed by atoms with Crippen LogP contribution in [-0.4, -0.2) is 56.8 Å². The van der Waals surface area contributed by atoms with Crippen LogP contribution in [0.1, 0.15) is 49.0 Å². The van der Waals surface area contributed by atoms with Crippen LogP contribution in [0.5, 0.6) is 0 Å². The molecule has 1 aliphatic rings. The fourth-order valence-corrected chi connectivity index (χ4v) is 5.57. The van der Waals surface area contributed by atoms with Crippen LogP contribution < -0.4 is 4.90 Å². The van der Waals surface area contributed by atoms with Gasteiger partial charge in [0.25, 0.3) is 5.91 Å². The highest BCUT2D eigenvalue weighted by atomic mass is 32.2. The van der Waals surface area contributed by atoms with E-state index in [4.69, 9.17) is 0 Å². The second-order valence-corrected chi connectivity index (χ2v) is 9.93. The monoisotopic (exact) mass is 443 g/mol. The lowest BCUT2D eigenvalue weighted by molar-refractivity contribution is 0.0785. The first-order chi connectivity index (χ1) is 14.9. The van der Waals surface area contributed by atoms with Crippen LogP contribution in [0.2, 0.25) is 0 Å². The molecule has 1 heterocycles. The molecule has 6 nitrogen and oxygen atoms in total. The first-order valence-corrected chi connectivity index (χ1v) is 12.5. The molecule has 2 aromatic carbocycles. The summed E-state index contributed by atoms with van der Waals surface area (Å²) in [6.07, 6.45) is 2.83. The van der Waals surface area contributed by atoms with E-state index < -0.39 is 10.0 Å². The molecule has 7 heteroatoms. The molecule has 1 fully saturated rings. The average Bonchev–Trinajstić information content (AvgIpc) is 2.81. The molecule has 0 N–H and O–H groups in total. The highest BCUT2D eigenvalue weighted by Crippen LogP contribution is 2.22. The molecule has 0 radical (unpaired) electrons. The summed E-state index contributed by atoms with van der Waals surface area (Å²) in [7, 11) is -1.82. The van der Waals surface area contributed by atoms with E-state index in [1.165, 1.54) is 16.1 Å². The van der Waals surface area contributed by atoms with Crippen molar-refractivity contribution in [3.63, 3.8) is 0 Å². The minimum Gasteiger partial charge on any atom is -0.372 e. The topological polar surface area (TPSA) is 60.9 Å². The Morgan fingerprint density at radius 1 is 0.968 bits per heavy atom. The summed E-state index contributed by atoms with van der Waals surface area (Å²) >= 11 is 0. The predicted octanol–water partition coefficient (Wildman–Crippen LogP) is 3.98. The second kappa shape index (κ2) is 10.3. The standard InChI is InChI=1S/C24H33N3O3S/c1-4-26(5-2)22-14-12-20(13-15-22)19-25(3)24(28)21-10-9-11-23(18-21)31(29,30)27-16-7-6-8-17-27/h9-15,18H,4-8,16-17,19H2,1-3H3. The van der Waals surface area contributed by atoms with E-state index in [9.17, 15) is 13.2 Å². The van der Waals surface area contributed by atoms with E-state index in [1.807, 2.05) is 12.1 Å². The van der Waals surface area contributed by atoms with Crippen molar-refractivity contribution < 1.29 is 13.2 Å². The van der Waals surface area contributed by atoms with Crippen LogP contribution in [0, 0.1) is 0 Å². The van der Waals surface area contributed by atoms with Crippen LogP contribution in [0.3, 0.4) is 0 Å². The van der Waals surface area contributed by atoms with Gasteiger partial charge in [-0.1, -0.05) is 24.6 Å². The number of hydrogen-bond acceptors (Lipinski definition) is 4. The molecule has 0 aliphatic carbocycles. The zero-order valence-electron chi connectivity index (χ0n) is 18.8. The van der Waals surface area contributed by atoms with Crippen molar-refractivity contribution in [3.8, 4) is 0 Å². The highest BCUT2D eigenvalue weighted by molar-refractivity contribution is 7.89. The minimum absolute atomic E-state index is 0.191. The van der Waals surface area contributed by atoms with E-state index >= 15 is 0 Å². The molecule has 2 aromatic rings. The first kappa shape index (κ1) is 23.3. The van der Waals surface area contributed by atoms with Gasteiger partial charge in [-0.05, 0) is 62.6 Å². The lowest BCUT2D eigenvalue weighted by atomic mass is 10.1. The third kappa shape index (κ3) is 5.46. The summed E-state index contributed by atoms with van der Waals surface area (Å²) in [6, 6.07) is 14.6. The van der Waals surface area contributed by atoms with Crippen LogP contribution in [0.25, 0.3) is 0 Å². The number of amides is 1. The van der Waals surface area contributed by atoms with E-state index in [0.717, 1.165) is 37.9 Å². The summed E-state index contributed by atoms with van der Waals surface area (Å²) in [5.74, 6) is -0.191. The van der Waals surface area contributed by atoms with Gasteiger partial charge in [-0.15, -0.1) is 0 Å². The molecular weight excluding hydrogens is 410 g/mol. The lowest BCUT2D eigenvalue weighted by Gasteiger charge is -2.26. The Hall–Kier alpha value is -2.38. The Kier molecular flexibility index (Phi) is 7.73. The average molecular weight is 444 g/mol. The molecule has 1 amide bonds. The number of carbonyl (C=O) groups is 1. The Morgan fingerprint density at radius 3 is 2.23 bits per heavy atom. The van der Waals surface area contributed by atoms with E-state index in [2.05, 4.69) is 30.9 Å². The molecular formula is C24H33N3O3S. The normalized spacial score (nSPS) is 14.9. The highest BCUT2D eigenvalue weighted by Gasteiger charge is 2.26. The van der Waals surface area contributed by atoms with Gasteiger partial charge in [0.2, 0.25) is 10.0 Å². The molecule has 168 valence electrons.